The summed E-state index contributed by atoms with van der Waals surface area (Å²) in [4.78, 5) is 39.1. The van der Waals surface area contributed by atoms with E-state index >= 15 is 0 Å². The number of methoxy groups -OCH3 is 1. The predicted octanol–water partition coefficient (Wildman–Crippen LogP) is 1.97. The first kappa shape index (κ1) is 20.9. The number of carbonyl (C=O) groups excluding carboxylic acids is 1. The zero-order chi connectivity index (χ0) is 22.5. The van der Waals surface area contributed by atoms with Crippen LogP contribution in [0.5, 0.6) is 5.75 Å². The van der Waals surface area contributed by atoms with Crippen LogP contribution < -0.4 is 21.3 Å². The van der Waals surface area contributed by atoms with Gasteiger partial charge in [0.15, 0.2) is 0 Å². The largest absolute Gasteiger partial charge is 0.497 e. The van der Waals surface area contributed by atoms with Crippen LogP contribution in [0.2, 0.25) is 0 Å². The molecule has 4 rings (SSSR count). The van der Waals surface area contributed by atoms with Gasteiger partial charge in [-0.15, -0.1) is 0 Å². The van der Waals surface area contributed by atoms with E-state index in [1.165, 1.54) is 13.4 Å². The first-order chi connectivity index (χ1) is 15.6. The van der Waals surface area contributed by atoms with E-state index in [9.17, 15) is 14.4 Å². The molecular weight excluding hydrogens is 412 g/mol. The van der Waals surface area contributed by atoms with Gasteiger partial charge in [0.25, 0.3) is 11.5 Å². The lowest BCUT2D eigenvalue weighted by Crippen LogP contribution is -2.46. The molecule has 0 aliphatic heterocycles. The molecule has 0 spiro atoms. The molecule has 2 aromatic carbocycles. The zero-order valence-corrected chi connectivity index (χ0v) is 17.2. The Bertz CT molecular complexity index is 1340. The second kappa shape index (κ2) is 9.17. The quantitative estimate of drug-likeness (QED) is 0.478. The Hall–Kier alpha value is -4.40. The summed E-state index contributed by atoms with van der Waals surface area (Å²) in [6.45, 7) is 0.0629. The summed E-state index contributed by atoms with van der Waals surface area (Å²) < 4.78 is 12.4. The number of rotatable bonds is 7. The van der Waals surface area contributed by atoms with Gasteiger partial charge in [0.2, 0.25) is 5.69 Å². The lowest BCUT2D eigenvalue weighted by Gasteiger charge is -2.13. The topological polar surface area (TPSA) is 108 Å². The molecule has 0 aliphatic carbocycles. The summed E-state index contributed by atoms with van der Waals surface area (Å²) in [5.41, 5.74) is -0.771. The van der Waals surface area contributed by atoms with Crippen LogP contribution in [0.25, 0.3) is 5.69 Å². The van der Waals surface area contributed by atoms with Gasteiger partial charge >= 0.3 is 5.69 Å². The van der Waals surface area contributed by atoms with E-state index in [0.29, 0.717) is 17.2 Å². The maximum absolute atomic E-state index is 13.2. The monoisotopic (exact) mass is 432 g/mol. The lowest BCUT2D eigenvalue weighted by molar-refractivity contribution is 0.0938. The van der Waals surface area contributed by atoms with Crippen molar-refractivity contribution in [2.75, 3.05) is 7.11 Å². The molecule has 0 bridgehead atoms. The van der Waals surface area contributed by atoms with Crippen LogP contribution in [0.1, 0.15) is 21.8 Å². The molecule has 1 N–H and O–H groups in total. The summed E-state index contributed by atoms with van der Waals surface area (Å²) in [5, 5.41) is 6.70. The summed E-state index contributed by atoms with van der Waals surface area (Å²) >= 11 is 0. The van der Waals surface area contributed by atoms with E-state index in [4.69, 9.17) is 9.15 Å². The summed E-state index contributed by atoms with van der Waals surface area (Å²) in [6.07, 6.45) is 1.48. The van der Waals surface area contributed by atoms with E-state index in [1.54, 1.807) is 60.7 Å². The van der Waals surface area contributed by atoms with Gasteiger partial charge in [-0.1, -0.05) is 36.4 Å². The Kier molecular flexibility index (Phi) is 5.98. The van der Waals surface area contributed by atoms with Gasteiger partial charge in [-0.3, -0.25) is 14.2 Å². The second-order valence-corrected chi connectivity index (χ2v) is 6.88. The molecule has 32 heavy (non-hydrogen) atoms. The minimum absolute atomic E-state index is 0.0105. The van der Waals surface area contributed by atoms with Crippen molar-refractivity contribution in [2.45, 2.75) is 13.1 Å². The number of carbonyl (C=O) groups is 1. The van der Waals surface area contributed by atoms with Crippen molar-refractivity contribution in [3.63, 3.8) is 0 Å². The molecule has 0 radical (unpaired) electrons. The fourth-order valence-electron chi connectivity index (χ4n) is 3.14. The number of nitrogens with zero attached hydrogens (tertiary/aromatic N) is 3. The van der Waals surface area contributed by atoms with Gasteiger partial charge in [0, 0.05) is 6.07 Å². The molecule has 0 aliphatic rings. The van der Waals surface area contributed by atoms with Crippen LogP contribution in [0, 0.1) is 0 Å². The Labute approximate surface area is 182 Å². The van der Waals surface area contributed by atoms with E-state index in [0.717, 1.165) is 14.8 Å². The highest BCUT2D eigenvalue weighted by Gasteiger charge is 2.21. The Balaban J connectivity index is 1.81. The minimum atomic E-state index is -0.782. The van der Waals surface area contributed by atoms with Crippen LogP contribution in [0.15, 0.2) is 87.0 Å². The highest BCUT2D eigenvalue weighted by molar-refractivity contribution is 5.91. The Morgan fingerprint density at radius 1 is 1.06 bits per heavy atom. The molecule has 9 nitrogen and oxygen atoms in total. The van der Waals surface area contributed by atoms with Crippen molar-refractivity contribution in [3.8, 4) is 11.4 Å². The third kappa shape index (κ3) is 4.36. The summed E-state index contributed by atoms with van der Waals surface area (Å²) in [6, 6.07) is 19.0. The molecule has 2 heterocycles. The molecule has 1 amide bonds. The zero-order valence-electron chi connectivity index (χ0n) is 17.2. The average molecular weight is 432 g/mol. The maximum atomic E-state index is 13.2. The maximum Gasteiger partial charge on any atom is 0.352 e. The molecule has 162 valence electrons. The fourth-order valence-corrected chi connectivity index (χ4v) is 3.14. The SMILES string of the molecule is COc1cccc(-n2nc(C(=O)NCc3ccco3)c(=O)n(Cc3ccccc3)c2=O)c1. The molecule has 4 aromatic rings. The van der Waals surface area contributed by atoms with E-state index in [-0.39, 0.29) is 13.1 Å². The number of ether oxygens (including phenoxy) is 1. The number of aromatic nitrogens is 3. The van der Waals surface area contributed by atoms with Crippen LogP contribution in [-0.2, 0) is 13.1 Å². The molecule has 0 saturated carbocycles. The molecular formula is C23H20N4O5. The van der Waals surface area contributed by atoms with Crippen LogP contribution in [0.3, 0.4) is 0 Å². The van der Waals surface area contributed by atoms with Gasteiger partial charge in [-0.2, -0.15) is 9.78 Å². The van der Waals surface area contributed by atoms with Crippen LogP contribution >= 0.6 is 0 Å². The van der Waals surface area contributed by atoms with Crippen molar-refractivity contribution >= 4 is 5.91 Å². The Morgan fingerprint density at radius 2 is 1.88 bits per heavy atom. The first-order valence-electron chi connectivity index (χ1n) is 9.80. The molecule has 0 saturated heterocycles. The normalized spacial score (nSPS) is 10.7. The third-order valence-corrected chi connectivity index (χ3v) is 4.76. The average Bonchev–Trinajstić information content (AvgIpc) is 3.35. The van der Waals surface area contributed by atoms with Crippen LogP contribution in [0.4, 0.5) is 0 Å². The van der Waals surface area contributed by atoms with Crippen molar-refractivity contribution < 1.29 is 13.9 Å². The van der Waals surface area contributed by atoms with Gasteiger partial charge in [-0.25, -0.2) is 4.79 Å². The standard InChI is InChI=1S/C23H20N4O5/c1-31-18-10-5-9-17(13-18)27-23(30)26(15-16-7-3-2-4-8-16)22(29)20(25-27)21(28)24-14-19-11-6-12-32-19/h2-13H,14-15H2,1H3,(H,24,28). The van der Waals surface area contributed by atoms with E-state index in [1.807, 2.05) is 6.07 Å². The second-order valence-electron chi connectivity index (χ2n) is 6.88. The van der Waals surface area contributed by atoms with Crippen molar-refractivity contribution in [1.82, 2.24) is 19.7 Å². The fraction of sp³-hybridized carbons (Fsp3) is 0.130. The smallest absolute Gasteiger partial charge is 0.352 e. The Morgan fingerprint density at radius 3 is 2.59 bits per heavy atom. The van der Waals surface area contributed by atoms with Gasteiger partial charge in [-0.05, 0) is 29.8 Å². The van der Waals surface area contributed by atoms with Crippen molar-refractivity contribution in [1.29, 1.82) is 0 Å². The molecule has 9 heteroatoms. The van der Waals surface area contributed by atoms with E-state index in [2.05, 4.69) is 10.4 Å². The van der Waals surface area contributed by atoms with Gasteiger partial charge in [0.1, 0.15) is 11.5 Å². The van der Waals surface area contributed by atoms with Crippen molar-refractivity contribution in [3.05, 3.63) is 111 Å². The number of hydrogen-bond donors (Lipinski definition) is 1. The number of benzene rings is 2. The van der Waals surface area contributed by atoms with Crippen LogP contribution in [-0.4, -0.2) is 27.4 Å². The predicted molar refractivity (Wildman–Crippen MR) is 116 cm³/mol. The first-order valence-corrected chi connectivity index (χ1v) is 9.80. The lowest BCUT2D eigenvalue weighted by atomic mass is 10.2. The summed E-state index contributed by atoms with van der Waals surface area (Å²) in [5.74, 6) is 0.301. The number of furan rings is 1. The third-order valence-electron chi connectivity index (χ3n) is 4.76. The number of nitrogens with one attached hydrogen (secondary N) is 1. The number of amides is 1. The van der Waals surface area contributed by atoms with Gasteiger partial charge < -0.3 is 14.5 Å². The summed E-state index contributed by atoms with van der Waals surface area (Å²) in [7, 11) is 1.50. The molecule has 0 unspecified atom stereocenters. The van der Waals surface area contributed by atoms with Crippen molar-refractivity contribution in [2.24, 2.45) is 0 Å². The van der Waals surface area contributed by atoms with E-state index < -0.39 is 22.9 Å². The number of hydrogen-bond acceptors (Lipinski definition) is 6. The highest BCUT2D eigenvalue weighted by Crippen LogP contribution is 2.14. The molecule has 0 atom stereocenters. The molecule has 0 fully saturated rings. The van der Waals surface area contributed by atoms with Gasteiger partial charge in [0.05, 0.1) is 32.1 Å². The molecule has 2 aromatic heterocycles. The minimum Gasteiger partial charge on any atom is -0.497 e. The highest BCUT2D eigenvalue weighted by atomic mass is 16.5.